The zero-order valence-electron chi connectivity index (χ0n) is 12.4. The summed E-state index contributed by atoms with van der Waals surface area (Å²) in [5.41, 5.74) is 0. The highest BCUT2D eigenvalue weighted by Gasteiger charge is 2.37. The highest BCUT2D eigenvalue weighted by Crippen LogP contribution is 2.34. The predicted octanol–water partition coefficient (Wildman–Crippen LogP) is 2.55. The van der Waals surface area contributed by atoms with E-state index in [2.05, 4.69) is 24.1 Å². The maximum absolute atomic E-state index is 12.6. The van der Waals surface area contributed by atoms with Gasteiger partial charge in [-0.3, -0.25) is 4.79 Å². The molecule has 1 N–H and O–H groups in total. The highest BCUT2D eigenvalue weighted by atomic mass is 16.2. The van der Waals surface area contributed by atoms with Crippen LogP contribution < -0.4 is 5.32 Å². The molecule has 0 spiro atoms. The van der Waals surface area contributed by atoms with Gasteiger partial charge in [-0.25, -0.2) is 0 Å². The Balaban J connectivity index is 1.56. The molecule has 3 saturated heterocycles. The van der Waals surface area contributed by atoms with Gasteiger partial charge >= 0.3 is 0 Å². The molecule has 0 aromatic rings. The predicted molar refractivity (Wildman–Crippen MR) is 76.9 cm³/mol. The van der Waals surface area contributed by atoms with E-state index in [4.69, 9.17) is 0 Å². The first kappa shape index (κ1) is 13.4. The molecule has 0 saturated carbocycles. The standard InChI is InChI=1S/C16H28N2O/c1-3-15-6-11(2)10-18(15)16(19)9-12-7-13-4-5-14(8-12)17-13/h11-15,17H,3-10H2,1-2H3. The Bertz CT molecular complexity index is 332. The Kier molecular flexibility index (Phi) is 3.84. The van der Waals surface area contributed by atoms with Gasteiger partial charge in [0.25, 0.3) is 0 Å². The van der Waals surface area contributed by atoms with Crippen LogP contribution in [0.5, 0.6) is 0 Å². The molecule has 3 heterocycles. The van der Waals surface area contributed by atoms with E-state index in [0.717, 1.165) is 19.4 Å². The Hall–Kier alpha value is -0.570. The molecule has 0 aliphatic carbocycles. The second kappa shape index (κ2) is 5.43. The molecule has 19 heavy (non-hydrogen) atoms. The van der Waals surface area contributed by atoms with Crippen molar-refractivity contribution in [3.05, 3.63) is 0 Å². The van der Waals surface area contributed by atoms with Crippen LogP contribution in [0.3, 0.4) is 0 Å². The Labute approximate surface area is 117 Å². The van der Waals surface area contributed by atoms with Crippen molar-refractivity contribution in [1.82, 2.24) is 10.2 Å². The maximum Gasteiger partial charge on any atom is 0.223 e. The van der Waals surface area contributed by atoms with Gasteiger partial charge in [0, 0.05) is 31.1 Å². The third-order valence-corrected chi connectivity index (χ3v) is 5.45. The Morgan fingerprint density at radius 2 is 1.89 bits per heavy atom. The number of nitrogens with one attached hydrogen (secondary N) is 1. The summed E-state index contributed by atoms with van der Waals surface area (Å²) in [6.07, 6.45) is 8.23. The molecular formula is C16H28N2O. The summed E-state index contributed by atoms with van der Waals surface area (Å²) in [6.45, 7) is 5.49. The molecule has 3 aliphatic rings. The maximum atomic E-state index is 12.6. The van der Waals surface area contributed by atoms with Crippen molar-refractivity contribution >= 4 is 5.91 Å². The van der Waals surface area contributed by atoms with E-state index in [1.807, 2.05) is 0 Å². The van der Waals surface area contributed by atoms with Crippen molar-refractivity contribution in [2.24, 2.45) is 11.8 Å². The number of carbonyl (C=O) groups is 1. The average molecular weight is 264 g/mol. The minimum absolute atomic E-state index is 0.433. The summed E-state index contributed by atoms with van der Waals surface area (Å²) in [4.78, 5) is 14.8. The van der Waals surface area contributed by atoms with Gasteiger partial charge in [0.15, 0.2) is 0 Å². The van der Waals surface area contributed by atoms with Gasteiger partial charge in [-0.05, 0) is 50.4 Å². The number of rotatable bonds is 3. The summed E-state index contributed by atoms with van der Waals surface area (Å²) < 4.78 is 0. The van der Waals surface area contributed by atoms with E-state index in [9.17, 15) is 4.79 Å². The third-order valence-electron chi connectivity index (χ3n) is 5.45. The van der Waals surface area contributed by atoms with Crippen LogP contribution >= 0.6 is 0 Å². The number of hydrogen-bond acceptors (Lipinski definition) is 2. The first-order valence-electron chi connectivity index (χ1n) is 8.21. The van der Waals surface area contributed by atoms with E-state index in [1.54, 1.807) is 0 Å². The van der Waals surface area contributed by atoms with Crippen LogP contribution in [0.4, 0.5) is 0 Å². The van der Waals surface area contributed by atoms with Crippen LogP contribution in [0.25, 0.3) is 0 Å². The van der Waals surface area contributed by atoms with Gasteiger partial charge in [-0.2, -0.15) is 0 Å². The van der Waals surface area contributed by atoms with Crippen molar-refractivity contribution < 1.29 is 4.79 Å². The number of fused-ring (bicyclic) bond motifs is 2. The highest BCUT2D eigenvalue weighted by molar-refractivity contribution is 5.77. The number of amides is 1. The molecule has 108 valence electrons. The average Bonchev–Trinajstić information content (AvgIpc) is 2.92. The molecule has 0 radical (unpaired) electrons. The molecule has 0 aromatic carbocycles. The molecule has 4 atom stereocenters. The van der Waals surface area contributed by atoms with Crippen molar-refractivity contribution in [1.29, 1.82) is 0 Å². The lowest BCUT2D eigenvalue weighted by atomic mass is 9.89. The fourth-order valence-corrected chi connectivity index (χ4v) is 4.55. The normalized spacial score (nSPS) is 41.8. The van der Waals surface area contributed by atoms with Gasteiger partial charge in [0.2, 0.25) is 5.91 Å². The minimum Gasteiger partial charge on any atom is -0.339 e. The lowest BCUT2D eigenvalue weighted by Gasteiger charge is -2.31. The fraction of sp³-hybridized carbons (Fsp3) is 0.938. The first-order valence-corrected chi connectivity index (χ1v) is 8.21. The molecule has 3 heteroatoms. The van der Waals surface area contributed by atoms with Crippen molar-refractivity contribution in [3.8, 4) is 0 Å². The topological polar surface area (TPSA) is 32.3 Å². The number of carbonyl (C=O) groups excluding carboxylic acids is 1. The zero-order chi connectivity index (χ0) is 13.4. The molecule has 3 rings (SSSR count). The summed E-state index contributed by atoms with van der Waals surface area (Å²) in [5, 5.41) is 3.67. The number of hydrogen-bond donors (Lipinski definition) is 1. The summed E-state index contributed by atoms with van der Waals surface area (Å²) in [5.74, 6) is 1.76. The largest absolute Gasteiger partial charge is 0.339 e. The van der Waals surface area contributed by atoms with Crippen LogP contribution in [-0.4, -0.2) is 35.5 Å². The SMILES string of the molecule is CCC1CC(C)CN1C(=O)CC1CC2CCC(C1)N2. The monoisotopic (exact) mass is 264 g/mol. The molecule has 0 aromatic heterocycles. The quantitative estimate of drug-likeness (QED) is 0.849. The number of piperidine rings is 1. The lowest BCUT2D eigenvalue weighted by molar-refractivity contribution is -0.133. The number of nitrogens with zero attached hydrogens (tertiary/aromatic N) is 1. The Morgan fingerprint density at radius 1 is 1.21 bits per heavy atom. The molecule has 1 amide bonds. The van der Waals surface area contributed by atoms with Crippen LogP contribution in [0.15, 0.2) is 0 Å². The van der Waals surface area contributed by atoms with Crippen molar-refractivity contribution in [3.63, 3.8) is 0 Å². The van der Waals surface area contributed by atoms with E-state index in [-0.39, 0.29) is 0 Å². The summed E-state index contributed by atoms with van der Waals surface area (Å²) in [7, 11) is 0. The van der Waals surface area contributed by atoms with Crippen molar-refractivity contribution in [2.45, 2.75) is 76.9 Å². The smallest absolute Gasteiger partial charge is 0.223 e. The van der Waals surface area contributed by atoms with Crippen LogP contribution in [0.1, 0.15) is 58.8 Å². The van der Waals surface area contributed by atoms with Crippen LogP contribution in [0, 0.1) is 11.8 Å². The van der Waals surface area contributed by atoms with Gasteiger partial charge in [-0.15, -0.1) is 0 Å². The van der Waals surface area contributed by atoms with Crippen LogP contribution in [-0.2, 0) is 4.79 Å². The first-order chi connectivity index (χ1) is 9.15. The molecule has 2 bridgehead atoms. The lowest BCUT2D eigenvalue weighted by Crippen LogP contribution is -2.41. The fourth-order valence-electron chi connectivity index (χ4n) is 4.55. The molecule has 3 nitrogen and oxygen atoms in total. The molecule has 3 fully saturated rings. The van der Waals surface area contributed by atoms with E-state index in [1.165, 1.54) is 32.1 Å². The zero-order valence-corrected chi connectivity index (χ0v) is 12.4. The molecule has 4 unspecified atom stereocenters. The Morgan fingerprint density at radius 3 is 2.53 bits per heavy atom. The van der Waals surface area contributed by atoms with E-state index < -0.39 is 0 Å². The second-order valence-corrected chi connectivity index (χ2v) is 7.13. The number of likely N-dealkylation sites (tertiary alicyclic amines) is 1. The second-order valence-electron chi connectivity index (χ2n) is 7.13. The van der Waals surface area contributed by atoms with Gasteiger partial charge in [-0.1, -0.05) is 13.8 Å². The van der Waals surface area contributed by atoms with Gasteiger partial charge < -0.3 is 10.2 Å². The third kappa shape index (κ3) is 2.81. The van der Waals surface area contributed by atoms with Gasteiger partial charge in [0.1, 0.15) is 0 Å². The van der Waals surface area contributed by atoms with Crippen LogP contribution in [0.2, 0.25) is 0 Å². The summed E-state index contributed by atoms with van der Waals surface area (Å²) in [6, 6.07) is 1.92. The summed E-state index contributed by atoms with van der Waals surface area (Å²) >= 11 is 0. The molecular weight excluding hydrogens is 236 g/mol. The van der Waals surface area contributed by atoms with Crippen molar-refractivity contribution in [2.75, 3.05) is 6.54 Å². The van der Waals surface area contributed by atoms with E-state index in [0.29, 0.717) is 35.9 Å². The van der Waals surface area contributed by atoms with Gasteiger partial charge in [0.05, 0.1) is 0 Å². The molecule has 3 aliphatic heterocycles. The minimum atomic E-state index is 0.433. The van der Waals surface area contributed by atoms with E-state index >= 15 is 0 Å².